The van der Waals surface area contributed by atoms with Gasteiger partial charge in [-0.2, -0.15) is 13.9 Å². The van der Waals surface area contributed by atoms with Crippen LogP contribution in [-0.2, 0) is 34.5 Å². The van der Waals surface area contributed by atoms with Crippen molar-refractivity contribution < 1.29 is 32.8 Å². The van der Waals surface area contributed by atoms with E-state index in [1.807, 2.05) is 0 Å². The van der Waals surface area contributed by atoms with Crippen LogP contribution in [0.2, 0.25) is 0 Å². The number of pyridine rings is 1. The number of hydrogen-bond donors (Lipinski definition) is 2. The van der Waals surface area contributed by atoms with Gasteiger partial charge in [0, 0.05) is 24.4 Å². The Morgan fingerprint density at radius 2 is 2.12 bits per heavy atom. The lowest BCUT2D eigenvalue weighted by molar-refractivity contribution is -0.146. The number of aromatic nitrogens is 1. The molecule has 1 aliphatic rings. The molecule has 1 saturated heterocycles. The van der Waals surface area contributed by atoms with Gasteiger partial charge in [0.15, 0.2) is 6.10 Å². The van der Waals surface area contributed by atoms with E-state index in [4.69, 9.17) is 18.3 Å². The molecule has 26 heavy (non-hydrogen) atoms. The fourth-order valence-electron chi connectivity index (χ4n) is 2.22. The summed E-state index contributed by atoms with van der Waals surface area (Å²) in [5, 5.41) is 2.62. The molecule has 0 aliphatic carbocycles. The maximum atomic E-state index is 12.4. The van der Waals surface area contributed by atoms with Crippen LogP contribution in [0.15, 0.2) is 24.5 Å². The summed E-state index contributed by atoms with van der Waals surface area (Å²) in [5.41, 5.74) is 0.175. The van der Waals surface area contributed by atoms with Crippen molar-refractivity contribution in [2.75, 3.05) is 20.3 Å². The van der Waals surface area contributed by atoms with E-state index in [0.29, 0.717) is 0 Å². The van der Waals surface area contributed by atoms with Crippen molar-refractivity contribution in [1.82, 2.24) is 10.3 Å². The van der Waals surface area contributed by atoms with E-state index in [9.17, 15) is 14.5 Å². The average molecular weight is 387 g/mol. The lowest BCUT2D eigenvalue weighted by Crippen LogP contribution is -2.50. The molecule has 1 aromatic rings. The van der Waals surface area contributed by atoms with Crippen molar-refractivity contribution in [2.45, 2.75) is 33.0 Å². The van der Waals surface area contributed by atoms with E-state index in [-0.39, 0.29) is 26.2 Å². The lowest BCUT2D eigenvalue weighted by Gasteiger charge is -2.35. The largest absolute Gasteiger partial charge is 0.573 e. The Balaban J connectivity index is 1.77. The standard InChI is InChI=1S/C16H23N2O7P/c1-16(2)11-24-26(21,22-3)25-14(16)15(20)18-9-6-13(19)23-10-12-4-7-17-8-5-12/h4-5,7-8,14,21H,6,9-11H2,1-3H3/p+1/t14-,26?/m0/s1. The van der Waals surface area contributed by atoms with Crippen molar-refractivity contribution in [3.8, 4) is 0 Å². The van der Waals surface area contributed by atoms with E-state index in [2.05, 4.69) is 10.3 Å². The third-order valence-electron chi connectivity index (χ3n) is 3.79. The molecule has 1 fully saturated rings. The van der Waals surface area contributed by atoms with Crippen molar-refractivity contribution in [1.29, 1.82) is 0 Å². The van der Waals surface area contributed by atoms with Gasteiger partial charge in [-0.3, -0.25) is 14.6 Å². The summed E-state index contributed by atoms with van der Waals surface area (Å²) in [5.74, 6) is -0.883. The molecular formula is C16H24N2O7P+. The first-order valence-corrected chi connectivity index (χ1v) is 9.58. The normalized spacial score (nSPS) is 24.7. The lowest BCUT2D eigenvalue weighted by atomic mass is 9.87. The molecule has 144 valence electrons. The highest BCUT2D eigenvalue weighted by atomic mass is 31.2. The molecule has 0 saturated carbocycles. The fraction of sp³-hybridized carbons (Fsp3) is 0.562. The monoisotopic (exact) mass is 387 g/mol. The Kier molecular flexibility index (Phi) is 7.02. The molecule has 0 spiro atoms. The summed E-state index contributed by atoms with van der Waals surface area (Å²) < 4.78 is 20.5. The van der Waals surface area contributed by atoms with Crippen molar-refractivity contribution in [3.63, 3.8) is 0 Å². The molecular weight excluding hydrogens is 363 g/mol. The molecule has 2 N–H and O–H groups in total. The van der Waals surface area contributed by atoms with Crippen LogP contribution in [0.5, 0.6) is 0 Å². The summed E-state index contributed by atoms with van der Waals surface area (Å²) in [4.78, 5) is 38.0. The Morgan fingerprint density at radius 1 is 1.42 bits per heavy atom. The van der Waals surface area contributed by atoms with Gasteiger partial charge in [-0.25, -0.2) is 0 Å². The third kappa shape index (κ3) is 5.69. The highest BCUT2D eigenvalue weighted by molar-refractivity contribution is 7.55. The summed E-state index contributed by atoms with van der Waals surface area (Å²) >= 11 is 0. The number of hydrogen-bond acceptors (Lipinski definition) is 8. The molecule has 9 nitrogen and oxygen atoms in total. The van der Waals surface area contributed by atoms with Gasteiger partial charge in [-0.05, 0) is 17.7 Å². The van der Waals surface area contributed by atoms with Gasteiger partial charge >= 0.3 is 14.1 Å². The maximum Gasteiger partial charge on any atom is 0.573 e. The zero-order chi connectivity index (χ0) is 19.2. The highest BCUT2D eigenvalue weighted by Gasteiger charge is 2.58. The van der Waals surface area contributed by atoms with Crippen LogP contribution >= 0.6 is 8.17 Å². The first-order valence-electron chi connectivity index (χ1n) is 8.08. The predicted molar refractivity (Wildman–Crippen MR) is 92.4 cm³/mol. The van der Waals surface area contributed by atoms with Gasteiger partial charge in [-0.1, -0.05) is 13.8 Å². The summed E-state index contributed by atoms with van der Waals surface area (Å²) in [6.07, 6.45) is 2.29. The second-order valence-corrected chi connectivity index (χ2v) is 8.23. The van der Waals surface area contributed by atoms with Gasteiger partial charge in [0.05, 0.1) is 13.5 Å². The number of carbonyl (C=O) groups is 2. The third-order valence-corrected chi connectivity index (χ3v) is 5.19. The highest BCUT2D eigenvalue weighted by Crippen LogP contribution is 2.63. The molecule has 2 heterocycles. The molecule has 0 bridgehead atoms. The number of carbonyl (C=O) groups excluding carboxylic acids is 2. The van der Waals surface area contributed by atoms with Crippen LogP contribution < -0.4 is 5.32 Å². The molecule has 10 heteroatoms. The number of amides is 1. The minimum atomic E-state index is -3.49. The molecule has 1 aromatic heterocycles. The van der Waals surface area contributed by atoms with Gasteiger partial charge in [-0.15, -0.1) is 4.52 Å². The quantitative estimate of drug-likeness (QED) is 0.533. The van der Waals surface area contributed by atoms with Gasteiger partial charge in [0.1, 0.15) is 13.2 Å². The fourth-order valence-corrected chi connectivity index (χ4v) is 3.62. The van der Waals surface area contributed by atoms with Crippen molar-refractivity contribution in [2.24, 2.45) is 5.41 Å². The second-order valence-electron chi connectivity index (χ2n) is 6.46. The van der Waals surface area contributed by atoms with Crippen LogP contribution in [0.1, 0.15) is 25.8 Å². The summed E-state index contributed by atoms with van der Waals surface area (Å²) in [6, 6.07) is 3.50. The Labute approximate surface area is 152 Å². The van der Waals surface area contributed by atoms with Crippen LogP contribution in [0.4, 0.5) is 0 Å². The van der Waals surface area contributed by atoms with Gasteiger partial charge in [0.2, 0.25) is 0 Å². The SMILES string of the molecule is CO[P+]1(O)OCC(C)(C)[C@H](C(=O)NCCC(=O)OCc2ccncc2)O1. The molecule has 1 aliphatic heterocycles. The van der Waals surface area contributed by atoms with E-state index in [0.717, 1.165) is 5.56 Å². The zero-order valence-electron chi connectivity index (χ0n) is 15.0. The van der Waals surface area contributed by atoms with Crippen molar-refractivity contribution >= 4 is 20.0 Å². The Morgan fingerprint density at radius 3 is 2.77 bits per heavy atom. The van der Waals surface area contributed by atoms with Crippen LogP contribution in [-0.4, -0.2) is 48.1 Å². The number of nitrogens with one attached hydrogen (secondary N) is 1. The summed E-state index contributed by atoms with van der Waals surface area (Å²) in [6.45, 7) is 3.90. The first kappa shape index (κ1) is 20.7. The number of esters is 1. The van der Waals surface area contributed by atoms with E-state index in [1.54, 1.807) is 38.4 Å². The molecule has 1 amide bonds. The minimum absolute atomic E-state index is 0.0180. The van der Waals surface area contributed by atoms with E-state index in [1.165, 1.54) is 7.11 Å². The average Bonchev–Trinajstić information content (AvgIpc) is 2.63. The number of ether oxygens (including phenoxy) is 1. The zero-order valence-corrected chi connectivity index (χ0v) is 15.9. The van der Waals surface area contributed by atoms with Crippen LogP contribution in [0, 0.1) is 5.41 Å². The minimum Gasteiger partial charge on any atom is -0.461 e. The van der Waals surface area contributed by atoms with E-state index >= 15 is 0 Å². The molecule has 1 unspecified atom stereocenters. The van der Waals surface area contributed by atoms with E-state index < -0.39 is 31.6 Å². The van der Waals surface area contributed by atoms with Gasteiger partial charge in [0.25, 0.3) is 5.91 Å². The Bertz CT molecular complexity index is 628. The second kappa shape index (κ2) is 8.83. The smallest absolute Gasteiger partial charge is 0.461 e. The molecule has 2 rings (SSSR count). The Hall–Kier alpha value is -1.64. The van der Waals surface area contributed by atoms with Crippen LogP contribution in [0.25, 0.3) is 0 Å². The summed E-state index contributed by atoms with van der Waals surface area (Å²) in [7, 11) is -2.24. The first-order chi connectivity index (χ1) is 12.3. The maximum absolute atomic E-state index is 12.4. The topological polar surface area (TPSA) is 116 Å². The van der Waals surface area contributed by atoms with Crippen molar-refractivity contribution in [3.05, 3.63) is 30.1 Å². The number of nitrogens with zero attached hydrogens (tertiary/aromatic N) is 1. The van der Waals surface area contributed by atoms with Crippen LogP contribution in [0.3, 0.4) is 0 Å². The molecule has 0 aromatic carbocycles. The predicted octanol–water partition coefficient (Wildman–Crippen LogP) is 1.39. The number of rotatable bonds is 7. The van der Waals surface area contributed by atoms with Gasteiger partial charge < -0.3 is 10.1 Å². The molecule has 2 atom stereocenters. The molecule has 0 radical (unpaired) electrons.